The number of aryl methyl sites for hydroxylation is 1. The fourth-order valence-electron chi connectivity index (χ4n) is 3.84. The number of aliphatic imine (C=N–C) groups is 1. The molecule has 2 N–H and O–H groups in total. The molecule has 0 radical (unpaired) electrons. The van der Waals surface area contributed by atoms with Crippen molar-refractivity contribution >= 4 is 29.9 Å². The second-order valence-corrected chi connectivity index (χ2v) is 8.28. The second-order valence-electron chi connectivity index (χ2n) is 8.28. The third-order valence-corrected chi connectivity index (χ3v) is 5.76. The van der Waals surface area contributed by atoms with Crippen molar-refractivity contribution < 1.29 is 5.11 Å². The van der Waals surface area contributed by atoms with Crippen LogP contribution in [-0.2, 0) is 19.6 Å². The molecular formula is C25H37IN4O. The fraction of sp³-hybridized carbons (Fsp3) is 0.480. The Labute approximate surface area is 204 Å². The third kappa shape index (κ3) is 8.09. The highest BCUT2D eigenvalue weighted by Gasteiger charge is 2.16. The molecule has 1 aliphatic heterocycles. The van der Waals surface area contributed by atoms with Gasteiger partial charge in [0.2, 0.25) is 0 Å². The van der Waals surface area contributed by atoms with E-state index in [-0.39, 0.29) is 30.1 Å². The van der Waals surface area contributed by atoms with Crippen molar-refractivity contribution in [3.05, 3.63) is 70.8 Å². The van der Waals surface area contributed by atoms with Crippen LogP contribution in [0.5, 0.6) is 0 Å². The molecule has 6 heteroatoms. The number of rotatable bonds is 7. The molecule has 31 heavy (non-hydrogen) atoms. The smallest absolute Gasteiger partial charge is 0.194 e. The minimum Gasteiger partial charge on any atom is -0.393 e. The summed E-state index contributed by atoms with van der Waals surface area (Å²) in [5.41, 5.74) is 5.16. The molecule has 0 amide bonds. The van der Waals surface area contributed by atoms with Gasteiger partial charge in [-0.25, -0.2) is 4.99 Å². The summed E-state index contributed by atoms with van der Waals surface area (Å²) in [5.74, 6) is 0.928. The van der Waals surface area contributed by atoms with Gasteiger partial charge >= 0.3 is 0 Å². The van der Waals surface area contributed by atoms with Crippen LogP contribution in [0, 0.1) is 6.92 Å². The number of aliphatic hydroxyl groups is 1. The minimum absolute atomic E-state index is 0. The molecule has 0 atom stereocenters. The van der Waals surface area contributed by atoms with Crippen molar-refractivity contribution in [2.75, 3.05) is 26.7 Å². The third-order valence-electron chi connectivity index (χ3n) is 5.76. The molecule has 2 aromatic rings. The molecular weight excluding hydrogens is 499 g/mol. The van der Waals surface area contributed by atoms with Gasteiger partial charge in [0.05, 0.1) is 12.6 Å². The lowest BCUT2D eigenvalue weighted by molar-refractivity contribution is 0.0792. The van der Waals surface area contributed by atoms with Gasteiger partial charge in [0.15, 0.2) is 5.96 Å². The normalized spacial score (nSPS) is 15.4. The molecule has 1 aliphatic rings. The average molecular weight is 537 g/mol. The molecule has 3 rings (SSSR count). The van der Waals surface area contributed by atoms with Gasteiger partial charge in [-0.1, -0.05) is 48.5 Å². The first kappa shape index (κ1) is 25.6. The topological polar surface area (TPSA) is 51.1 Å². The monoisotopic (exact) mass is 536 g/mol. The number of halogens is 1. The lowest BCUT2D eigenvalue weighted by atomic mass is 10.1. The average Bonchev–Trinajstić information content (AvgIpc) is 2.75. The van der Waals surface area contributed by atoms with Gasteiger partial charge in [0.1, 0.15) is 0 Å². The number of likely N-dealkylation sites (tertiary alicyclic amines) is 1. The molecule has 0 unspecified atom stereocenters. The van der Waals surface area contributed by atoms with Gasteiger partial charge < -0.3 is 15.3 Å². The molecule has 1 fully saturated rings. The van der Waals surface area contributed by atoms with E-state index in [9.17, 15) is 5.11 Å². The SMILES string of the molecule is CCNC(=NCc1ccc(CN2CCC(O)CC2)cc1)N(C)Cc1ccccc1C.I. The number of nitrogens with one attached hydrogen (secondary N) is 1. The first-order chi connectivity index (χ1) is 14.5. The van der Waals surface area contributed by atoms with Crippen LogP contribution < -0.4 is 5.32 Å². The van der Waals surface area contributed by atoms with Gasteiger partial charge in [-0.15, -0.1) is 24.0 Å². The van der Waals surface area contributed by atoms with Gasteiger partial charge in [-0.2, -0.15) is 0 Å². The van der Waals surface area contributed by atoms with Gasteiger partial charge in [0.25, 0.3) is 0 Å². The molecule has 1 heterocycles. The summed E-state index contributed by atoms with van der Waals surface area (Å²) in [6.45, 7) is 9.52. The summed E-state index contributed by atoms with van der Waals surface area (Å²) in [6, 6.07) is 17.3. The van der Waals surface area contributed by atoms with Crippen molar-refractivity contribution in [1.29, 1.82) is 0 Å². The summed E-state index contributed by atoms with van der Waals surface area (Å²) >= 11 is 0. The Bertz CT molecular complexity index is 817. The highest BCUT2D eigenvalue weighted by Crippen LogP contribution is 2.15. The molecule has 1 saturated heterocycles. The zero-order valence-electron chi connectivity index (χ0n) is 19.1. The molecule has 0 aromatic heterocycles. The van der Waals surface area contributed by atoms with Crippen LogP contribution in [0.4, 0.5) is 0 Å². The summed E-state index contributed by atoms with van der Waals surface area (Å²) in [6.07, 6.45) is 1.66. The Morgan fingerprint density at radius 2 is 1.74 bits per heavy atom. The fourth-order valence-corrected chi connectivity index (χ4v) is 3.84. The van der Waals surface area contributed by atoms with E-state index < -0.39 is 0 Å². The first-order valence-electron chi connectivity index (χ1n) is 11.1. The van der Waals surface area contributed by atoms with E-state index in [2.05, 4.69) is 84.5 Å². The largest absolute Gasteiger partial charge is 0.393 e. The van der Waals surface area contributed by atoms with E-state index in [1.54, 1.807) is 0 Å². The Morgan fingerprint density at radius 3 is 2.39 bits per heavy atom. The minimum atomic E-state index is -0.114. The molecule has 0 bridgehead atoms. The highest BCUT2D eigenvalue weighted by molar-refractivity contribution is 14.0. The molecule has 170 valence electrons. The molecule has 0 saturated carbocycles. The standard InChI is InChI=1S/C25H36N4O.HI/c1-4-26-25(28(3)19-23-8-6-5-7-20(23)2)27-17-21-9-11-22(12-10-21)18-29-15-13-24(30)14-16-29;/h5-12,24,30H,4,13-19H2,1-3H3,(H,26,27);1H. The highest BCUT2D eigenvalue weighted by atomic mass is 127. The van der Waals surface area contributed by atoms with E-state index in [1.807, 2.05) is 0 Å². The van der Waals surface area contributed by atoms with Gasteiger partial charge in [-0.05, 0) is 48.9 Å². The van der Waals surface area contributed by atoms with Gasteiger partial charge in [0, 0.05) is 39.8 Å². The Kier molecular flexibility index (Phi) is 10.8. The second kappa shape index (κ2) is 13.0. The number of nitrogens with zero attached hydrogens (tertiary/aromatic N) is 3. The number of guanidine groups is 1. The van der Waals surface area contributed by atoms with Crippen LogP contribution in [0.3, 0.4) is 0 Å². The van der Waals surface area contributed by atoms with E-state index in [1.165, 1.54) is 22.3 Å². The van der Waals surface area contributed by atoms with Gasteiger partial charge in [-0.3, -0.25) is 4.90 Å². The van der Waals surface area contributed by atoms with E-state index in [0.29, 0.717) is 6.54 Å². The molecule has 0 aliphatic carbocycles. The Morgan fingerprint density at radius 1 is 1.10 bits per heavy atom. The lowest BCUT2D eigenvalue weighted by Gasteiger charge is -2.29. The summed E-state index contributed by atoms with van der Waals surface area (Å²) in [5, 5.41) is 13.1. The quantitative estimate of drug-likeness (QED) is 0.317. The van der Waals surface area contributed by atoms with Crippen molar-refractivity contribution in [2.24, 2.45) is 4.99 Å². The van der Waals surface area contributed by atoms with Crippen LogP contribution in [0.15, 0.2) is 53.5 Å². The summed E-state index contributed by atoms with van der Waals surface area (Å²) in [4.78, 5) is 9.46. The molecule has 0 spiro atoms. The molecule has 2 aromatic carbocycles. The predicted octanol–water partition coefficient (Wildman–Crippen LogP) is 4.17. The maximum Gasteiger partial charge on any atom is 0.194 e. The number of benzene rings is 2. The van der Waals surface area contributed by atoms with E-state index in [4.69, 9.17) is 4.99 Å². The zero-order chi connectivity index (χ0) is 21.3. The Hall–Kier alpha value is -1.64. The van der Waals surface area contributed by atoms with Crippen molar-refractivity contribution in [3.63, 3.8) is 0 Å². The number of piperidine rings is 1. The van der Waals surface area contributed by atoms with Crippen molar-refractivity contribution in [3.8, 4) is 0 Å². The number of aliphatic hydroxyl groups excluding tert-OH is 1. The van der Waals surface area contributed by atoms with E-state index >= 15 is 0 Å². The maximum absolute atomic E-state index is 9.66. The van der Waals surface area contributed by atoms with E-state index in [0.717, 1.165) is 51.5 Å². The van der Waals surface area contributed by atoms with Crippen molar-refractivity contribution in [2.45, 2.75) is 52.4 Å². The van der Waals surface area contributed by atoms with Crippen LogP contribution in [0.1, 0.15) is 42.0 Å². The zero-order valence-corrected chi connectivity index (χ0v) is 21.4. The lowest BCUT2D eigenvalue weighted by Crippen LogP contribution is -2.38. The predicted molar refractivity (Wildman–Crippen MR) is 140 cm³/mol. The Balaban J connectivity index is 0.00000341. The van der Waals surface area contributed by atoms with Crippen LogP contribution >= 0.6 is 24.0 Å². The summed E-state index contributed by atoms with van der Waals surface area (Å²) < 4.78 is 0. The summed E-state index contributed by atoms with van der Waals surface area (Å²) in [7, 11) is 2.09. The van der Waals surface area contributed by atoms with Crippen LogP contribution in [0.2, 0.25) is 0 Å². The van der Waals surface area contributed by atoms with Crippen LogP contribution in [-0.4, -0.2) is 53.7 Å². The number of hydrogen-bond acceptors (Lipinski definition) is 3. The maximum atomic E-state index is 9.66. The molecule has 5 nitrogen and oxygen atoms in total. The van der Waals surface area contributed by atoms with Crippen LogP contribution in [0.25, 0.3) is 0 Å². The van der Waals surface area contributed by atoms with Crippen molar-refractivity contribution in [1.82, 2.24) is 15.1 Å². The first-order valence-corrected chi connectivity index (χ1v) is 11.1. The number of hydrogen-bond donors (Lipinski definition) is 2.